The van der Waals surface area contributed by atoms with E-state index in [1.54, 1.807) is 26.0 Å². The topological polar surface area (TPSA) is 29.1 Å². The predicted octanol–water partition coefficient (Wildman–Crippen LogP) is 2.55. The van der Waals surface area contributed by atoms with Crippen LogP contribution < -0.4 is 5.32 Å². The Hall–Kier alpha value is -1.09. The number of hydrogen-bond acceptors (Lipinski definition) is 1. The minimum absolute atomic E-state index is 0.303. The molecule has 1 aromatic rings. The molecule has 0 aliphatic carbocycles. The monoisotopic (exact) mass is 229 g/mol. The maximum atomic E-state index is 13.2. The minimum atomic E-state index is -0.833. The quantitative estimate of drug-likeness (QED) is 0.793. The van der Waals surface area contributed by atoms with Crippen molar-refractivity contribution in [3.63, 3.8) is 0 Å². The van der Waals surface area contributed by atoms with Crippen molar-refractivity contribution in [3.05, 3.63) is 35.1 Å². The highest BCUT2D eigenvalue weighted by atomic mass is 35.5. The first-order valence-electron chi connectivity index (χ1n) is 4.74. The van der Waals surface area contributed by atoms with Crippen LogP contribution in [0.15, 0.2) is 18.2 Å². The molecule has 0 aliphatic heterocycles. The molecule has 0 aliphatic rings. The molecular formula is C11H13ClFNO. The van der Waals surface area contributed by atoms with Crippen LogP contribution in [0.25, 0.3) is 0 Å². The summed E-state index contributed by atoms with van der Waals surface area (Å²) >= 11 is 5.88. The van der Waals surface area contributed by atoms with E-state index < -0.39 is 5.38 Å². The van der Waals surface area contributed by atoms with Crippen molar-refractivity contribution >= 4 is 17.5 Å². The van der Waals surface area contributed by atoms with E-state index in [1.807, 2.05) is 0 Å². The maximum absolute atomic E-state index is 13.2. The number of likely N-dealkylation sites (N-methyl/N-ethyl adjacent to an activating group) is 1. The summed E-state index contributed by atoms with van der Waals surface area (Å²) in [5.41, 5.74) is 1.02. The molecule has 1 atom stereocenters. The molecule has 1 unspecified atom stereocenters. The lowest BCUT2D eigenvalue weighted by molar-refractivity contribution is -0.120. The standard InChI is InChI=1S/C11H13ClFNO/c1-3-14-11(15)10(12)8-5-4-7(2)9(13)6-8/h4-6,10H,3H2,1-2H3,(H,14,15). The van der Waals surface area contributed by atoms with Gasteiger partial charge in [0.1, 0.15) is 11.2 Å². The van der Waals surface area contributed by atoms with Gasteiger partial charge in [0.25, 0.3) is 0 Å². The van der Waals surface area contributed by atoms with Crippen molar-refractivity contribution in [2.75, 3.05) is 6.54 Å². The van der Waals surface area contributed by atoms with E-state index in [9.17, 15) is 9.18 Å². The molecule has 0 bridgehead atoms. The van der Waals surface area contributed by atoms with Gasteiger partial charge in [-0.15, -0.1) is 11.6 Å². The van der Waals surface area contributed by atoms with E-state index >= 15 is 0 Å². The van der Waals surface area contributed by atoms with Gasteiger partial charge < -0.3 is 5.32 Å². The van der Waals surface area contributed by atoms with E-state index in [-0.39, 0.29) is 11.7 Å². The number of hydrogen-bond donors (Lipinski definition) is 1. The van der Waals surface area contributed by atoms with Crippen molar-refractivity contribution in [2.45, 2.75) is 19.2 Å². The summed E-state index contributed by atoms with van der Waals surface area (Å²) in [7, 11) is 0. The molecule has 1 N–H and O–H groups in total. The Kier molecular flexibility index (Phi) is 4.09. The molecule has 0 fully saturated rings. The minimum Gasteiger partial charge on any atom is -0.355 e. The summed E-state index contributed by atoms with van der Waals surface area (Å²) in [6.07, 6.45) is 0. The van der Waals surface area contributed by atoms with E-state index in [2.05, 4.69) is 5.32 Å². The second kappa shape index (κ2) is 5.12. The van der Waals surface area contributed by atoms with Crippen LogP contribution in [0.3, 0.4) is 0 Å². The molecule has 0 saturated heterocycles. The molecular weight excluding hydrogens is 217 g/mol. The average Bonchev–Trinajstić information content (AvgIpc) is 2.21. The van der Waals surface area contributed by atoms with Crippen molar-refractivity contribution in [3.8, 4) is 0 Å². The van der Waals surface area contributed by atoms with Crippen molar-refractivity contribution in [1.82, 2.24) is 5.32 Å². The van der Waals surface area contributed by atoms with E-state index in [4.69, 9.17) is 11.6 Å². The molecule has 0 saturated carbocycles. The van der Waals surface area contributed by atoms with Crippen LogP contribution >= 0.6 is 11.6 Å². The van der Waals surface area contributed by atoms with E-state index in [0.29, 0.717) is 17.7 Å². The average molecular weight is 230 g/mol. The number of carbonyl (C=O) groups excluding carboxylic acids is 1. The first-order valence-corrected chi connectivity index (χ1v) is 5.17. The van der Waals surface area contributed by atoms with Gasteiger partial charge >= 0.3 is 0 Å². The Balaban J connectivity index is 2.86. The fourth-order valence-corrected chi connectivity index (χ4v) is 1.39. The van der Waals surface area contributed by atoms with Gasteiger partial charge in [-0.1, -0.05) is 12.1 Å². The molecule has 0 spiro atoms. The zero-order valence-electron chi connectivity index (χ0n) is 8.68. The number of nitrogens with one attached hydrogen (secondary N) is 1. The van der Waals surface area contributed by atoms with Crippen LogP contribution in [0, 0.1) is 12.7 Å². The second-order valence-corrected chi connectivity index (χ2v) is 3.70. The molecule has 0 aromatic heterocycles. The van der Waals surface area contributed by atoms with Gasteiger partial charge in [0, 0.05) is 6.54 Å². The number of benzene rings is 1. The number of carbonyl (C=O) groups is 1. The molecule has 1 aromatic carbocycles. The number of alkyl halides is 1. The fraction of sp³-hybridized carbons (Fsp3) is 0.364. The Morgan fingerprint density at radius 3 is 2.80 bits per heavy atom. The van der Waals surface area contributed by atoms with Gasteiger partial charge in [0.2, 0.25) is 5.91 Å². The highest BCUT2D eigenvalue weighted by molar-refractivity contribution is 6.30. The lowest BCUT2D eigenvalue weighted by Crippen LogP contribution is -2.26. The number of halogens is 2. The zero-order chi connectivity index (χ0) is 11.4. The van der Waals surface area contributed by atoms with Gasteiger partial charge in [-0.3, -0.25) is 4.79 Å². The van der Waals surface area contributed by atoms with E-state index in [1.165, 1.54) is 6.07 Å². The van der Waals surface area contributed by atoms with Gasteiger partial charge in [-0.25, -0.2) is 4.39 Å². The molecule has 15 heavy (non-hydrogen) atoms. The lowest BCUT2D eigenvalue weighted by atomic mass is 10.1. The fourth-order valence-electron chi connectivity index (χ4n) is 1.18. The van der Waals surface area contributed by atoms with Crippen molar-refractivity contribution in [1.29, 1.82) is 0 Å². The molecule has 1 rings (SSSR count). The van der Waals surface area contributed by atoms with Gasteiger partial charge in [-0.05, 0) is 31.0 Å². The summed E-state index contributed by atoms with van der Waals surface area (Å²) in [5.74, 6) is -0.648. The summed E-state index contributed by atoms with van der Waals surface area (Å²) in [6, 6.07) is 4.56. The molecule has 1 amide bonds. The van der Waals surface area contributed by atoms with Crippen LogP contribution in [0.4, 0.5) is 4.39 Å². The highest BCUT2D eigenvalue weighted by Crippen LogP contribution is 2.22. The Bertz CT molecular complexity index is 368. The SMILES string of the molecule is CCNC(=O)C(Cl)c1ccc(C)c(F)c1. The number of rotatable bonds is 3. The van der Waals surface area contributed by atoms with Gasteiger partial charge in [0.05, 0.1) is 0 Å². The smallest absolute Gasteiger partial charge is 0.242 e. The third kappa shape index (κ3) is 2.93. The Morgan fingerprint density at radius 2 is 2.27 bits per heavy atom. The molecule has 82 valence electrons. The summed E-state index contributed by atoms with van der Waals surface area (Å²) < 4.78 is 13.2. The normalized spacial score (nSPS) is 12.3. The highest BCUT2D eigenvalue weighted by Gasteiger charge is 2.17. The van der Waals surface area contributed by atoms with Crippen LogP contribution in [-0.4, -0.2) is 12.5 Å². The Morgan fingerprint density at radius 1 is 1.60 bits per heavy atom. The first kappa shape index (κ1) is 12.0. The number of aryl methyl sites for hydroxylation is 1. The summed E-state index contributed by atoms with van der Waals surface area (Å²) in [6.45, 7) is 3.97. The largest absolute Gasteiger partial charge is 0.355 e. The van der Waals surface area contributed by atoms with Crippen LogP contribution in [0.5, 0.6) is 0 Å². The third-order valence-corrected chi connectivity index (χ3v) is 2.52. The third-order valence-electron chi connectivity index (χ3n) is 2.07. The maximum Gasteiger partial charge on any atom is 0.242 e. The van der Waals surface area contributed by atoms with Crippen LogP contribution in [-0.2, 0) is 4.79 Å². The van der Waals surface area contributed by atoms with E-state index in [0.717, 1.165) is 0 Å². The molecule has 0 radical (unpaired) electrons. The first-order chi connectivity index (χ1) is 7.06. The molecule has 0 heterocycles. The molecule has 2 nitrogen and oxygen atoms in total. The summed E-state index contributed by atoms with van der Waals surface area (Å²) in [4.78, 5) is 11.4. The lowest BCUT2D eigenvalue weighted by Gasteiger charge is -2.10. The van der Waals surface area contributed by atoms with Crippen LogP contribution in [0.2, 0.25) is 0 Å². The summed E-state index contributed by atoms with van der Waals surface area (Å²) in [5, 5.41) is 1.75. The second-order valence-electron chi connectivity index (χ2n) is 3.27. The van der Waals surface area contributed by atoms with Crippen molar-refractivity contribution < 1.29 is 9.18 Å². The van der Waals surface area contributed by atoms with Gasteiger partial charge in [-0.2, -0.15) is 0 Å². The van der Waals surface area contributed by atoms with Crippen LogP contribution in [0.1, 0.15) is 23.4 Å². The Labute approximate surface area is 93.4 Å². The van der Waals surface area contributed by atoms with Crippen molar-refractivity contribution in [2.24, 2.45) is 0 Å². The zero-order valence-corrected chi connectivity index (χ0v) is 9.44. The van der Waals surface area contributed by atoms with Gasteiger partial charge in [0.15, 0.2) is 0 Å². The predicted molar refractivity (Wildman–Crippen MR) is 58.4 cm³/mol. The molecule has 4 heteroatoms. The number of amides is 1.